The van der Waals surface area contributed by atoms with Gasteiger partial charge in [0.15, 0.2) is 0 Å². The van der Waals surface area contributed by atoms with Crippen LogP contribution in [0.15, 0.2) is 4.42 Å². The third-order valence-corrected chi connectivity index (χ3v) is 4.52. The molecular weight excluding hydrogens is 242 g/mol. The number of likely N-dealkylation sites (tertiary alicyclic amines) is 1. The third-order valence-electron chi connectivity index (χ3n) is 4.52. The minimum atomic E-state index is -0.226. The Morgan fingerprint density at radius 2 is 2.16 bits per heavy atom. The molecule has 1 aliphatic carbocycles. The van der Waals surface area contributed by atoms with Gasteiger partial charge in [-0.3, -0.25) is 4.90 Å². The van der Waals surface area contributed by atoms with Gasteiger partial charge in [0.25, 0.3) is 0 Å². The maximum absolute atomic E-state index is 9.70. The summed E-state index contributed by atoms with van der Waals surface area (Å²) in [6.07, 6.45) is 5.69. The largest absolute Gasteiger partial charge is 0.424 e. The molecule has 5 heteroatoms. The van der Waals surface area contributed by atoms with Crippen molar-refractivity contribution in [2.75, 3.05) is 13.1 Å². The van der Waals surface area contributed by atoms with Gasteiger partial charge in [-0.1, -0.05) is 6.42 Å². The summed E-state index contributed by atoms with van der Waals surface area (Å²) in [5, 5.41) is 18.0. The molecule has 3 rings (SSSR count). The second kappa shape index (κ2) is 5.59. The first-order chi connectivity index (χ1) is 9.22. The molecule has 106 valence electrons. The lowest BCUT2D eigenvalue weighted by molar-refractivity contribution is 0.0562. The Labute approximate surface area is 114 Å². The van der Waals surface area contributed by atoms with Crippen molar-refractivity contribution >= 4 is 0 Å². The first kappa shape index (κ1) is 13.1. The Morgan fingerprint density at radius 1 is 1.32 bits per heavy atom. The van der Waals surface area contributed by atoms with E-state index in [9.17, 15) is 5.11 Å². The van der Waals surface area contributed by atoms with Gasteiger partial charge in [-0.2, -0.15) is 0 Å². The van der Waals surface area contributed by atoms with Gasteiger partial charge in [0.1, 0.15) is 0 Å². The van der Waals surface area contributed by atoms with E-state index in [0.717, 1.165) is 44.3 Å². The monoisotopic (exact) mass is 265 g/mol. The van der Waals surface area contributed by atoms with Crippen LogP contribution in [0.1, 0.15) is 56.7 Å². The van der Waals surface area contributed by atoms with Crippen LogP contribution in [0.4, 0.5) is 0 Å². The molecule has 19 heavy (non-hydrogen) atoms. The molecule has 0 aromatic carbocycles. The molecule has 2 aliphatic rings. The molecule has 1 N–H and O–H groups in total. The summed E-state index contributed by atoms with van der Waals surface area (Å²) in [5.74, 6) is 2.44. The standard InChI is InChI=1S/C14H23N3O2/c1-10(18)12-6-3-7-17(8-12)9-13-15-16-14(19-13)11-4-2-5-11/h10-12,18H,2-9H2,1H3. The number of piperidine rings is 1. The van der Waals surface area contributed by atoms with E-state index in [1.807, 2.05) is 6.92 Å². The molecular formula is C14H23N3O2. The van der Waals surface area contributed by atoms with Crippen molar-refractivity contribution in [3.05, 3.63) is 11.8 Å². The molecule has 1 aromatic heterocycles. The number of hydrogen-bond donors (Lipinski definition) is 1. The summed E-state index contributed by atoms with van der Waals surface area (Å²) in [7, 11) is 0. The van der Waals surface area contributed by atoms with Gasteiger partial charge in [-0.15, -0.1) is 10.2 Å². The van der Waals surface area contributed by atoms with Gasteiger partial charge in [-0.05, 0) is 45.1 Å². The van der Waals surface area contributed by atoms with Crippen molar-refractivity contribution in [2.24, 2.45) is 5.92 Å². The van der Waals surface area contributed by atoms with E-state index in [0.29, 0.717) is 11.8 Å². The van der Waals surface area contributed by atoms with Crippen molar-refractivity contribution in [3.8, 4) is 0 Å². The molecule has 0 bridgehead atoms. The first-order valence-electron chi connectivity index (χ1n) is 7.45. The summed E-state index contributed by atoms with van der Waals surface area (Å²) in [4.78, 5) is 2.32. The summed E-state index contributed by atoms with van der Waals surface area (Å²) in [6, 6.07) is 0. The van der Waals surface area contributed by atoms with Crippen LogP contribution in [0.3, 0.4) is 0 Å². The van der Waals surface area contributed by atoms with Crippen molar-refractivity contribution < 1.29 is 9.52 Å². The Kier molecular flexibility index (Phi) is 3.84. The highest BCUT2D eigenvalue weighted by Crippen LogP contribution is 2.35. The average Bonchev–Trinajstić information content (AvgIpc) is 2.75. The maximum atomic E-state index is 9.70. The number of hydrogen-bond acceptors (Lipinski definition) is 5. The molecule has 1 saturated carbocycles. The molecule has 2 heterocycles. The highest BCUT2D eigenvalue weighted by molar-refractivity contribution is 4.96. The lowest BCUT2D eigenvalue weighted by Gasteiger charge is -2.33. The highest BCUT2D eigenvalue weighted by atomic mass is 16.4. The van der Waals surface area contributed by atoms with Gasteiger partial charge in [0, 0.05) is 12.5 Å². The molecule has 1 aromatic rings. The van der Waals surface area contributed by atoms with Crippen LogP contribution in [0.25, 0.3) is 0 Å². The van der Waals surface area contributed by atoms with Crippen molar-refractivity contribution in [1.29, 1.82) is 0 Å². The molecule has 1 aliphatic heterocycles. The summed E-state index contributed by atoms with van der Waals surface area (Å²) in [6.45, 7) is 4.60. The fourth-order valence-corrected chi connectivity index (χ4v) is 2.97. The van der Waals surface area contributed by atoms with Gasteiger partial charge in [-0.25, -0.2) is 0 Å². The zero-order chi connectivity index (χ0) is 13.2. The number of aliphatic hydroxyl groups is 1. The molecule has 2 fully saturated rings. The number of nitrogens with zero attached hydrogens (tertiary/aromatic N) is 3. The predicted molar refractivity (Wildman–Crippen MR) is 70.6 cm³/mol. The van der Waals surface area contributed by atoms with Gasteiger partial charge < -0.3 is 9.52 Å². The highest BCUT2D eigenvalue weighted by Gasteiger charge is 2.27. The van der Waals surface area contributed by atoms with Crippen LogP contribution in [-0.2, 0) is 6.54 Å². The normalized spacial score (nSPS) is 27.2. The van der Waals surface area contributed by atoms with Crippen LogP contribution in [0.5, 0.6) is 0 Å². The van der Waals surface area contributed by atoms with Gasteiger partial charge in [0.2, 0.25) is 11.8 Å². The van der Waals surface area contributed by atoms with E-state index in [-0.39, 0.29) is 6.10 Å². The molecule has 0 radical (unpaired) electrons. The Hall–Kier alpha value is -0.940. The SMILES string of the molecule is CC(O)C1CCCN(Cc2nnc(C3CCC3)o2)C1. The molecule has 1 saturated heterocycles. The molecule has 2 atom stereocenters. The van der Waals surface area contributed by atoms with Crippen LogP contribution in [0, 0.1) is 5.92 Å². The fourth-order valence-electron chi connectivity index (χ4n) is 2.97. The van der Waals surface area contributed by atoms with Gasteiger partial charge in [0.05, 0.1) is 12.6 Å². The maximum Gasteiger partial charge on any atom is 0.230 e. The topological polar surface area (TPSA) is 62.4 Å². The Balaban J connectivity index is 1.56. The smallest absolute Gasteiger partial charge is 0.230 e. The zero-order valence-corrected chi connectivity index (χ0v) is 11.6. The fraction of sp³-hybridized carbons (Fsp3) is 0.857. The van der Waals surface area contributed by atoms with Crippen molar-refractivity contribution in [2.45, 2.75) is 57.6 Å². The molecule has 0 spiro atoms. The average molecular weight is 265 g/mol. The summed E-state index contributed by atoms with van der Waals surface area (Å²) < 4.78 is 5.76. The minimum Gasteiger partial charge on any atom is -0.424 e. The summed E-state index contributed by atoms with van der Waals surface area (Å²) >= 11 is 0. The van der Waals surface area contributed by atoms with E-state index in [1.54, 1.807) is 0 Å². The summed E-state index contributed by atoms with van der Waals surface area (Å²) in [5.41, 5.74) is 0. The molecule has 0 amide bonds. The van der Waals surface area contributed by atoms with Crippen LogP contribution < -0.4 is 0 Å². The lowest BCUT2D eigenvalue weighted by Crippen LogP contribution is -2.39. The number of aliphatic hydroxyl groups excluding tert-OH is 1. The van der Waals surface area contributed by atoms with E-state index in [2.05, 4.69) is 15.1 Å². The van der Waals surface area contributed by atoms with Crippen molar-refractivity contribution in [1.82, 2.24) is 15.1 Å². The van der Waals surface area contributed by atoms with Crippen molar-refractivity contribution in [3.63, 3.8) is 0 Å². The second-order valence-electron chi connectivity index (χ2n) is 6.04. The quantitative estimate of drug-likeness (QED) is 0.901. The van der Waals surface area contributed by atoms with Gasteiger partial charge >= 0.3 is 0 Å². The first-order valence-corrected chi connectivity index (χ1v) is 7.45. The van der Waals surface area contributed by atoms with Crippen LogP contribution in [0.2, 0.25) is 0 Å². The number of aromatic nitrogens is 2. The third kappa shape index (κ3) is 2.98. The molecule has 2 unspecified atom stereocenters. The van der Waals surface area contributed by atoms with E-state index in [4.69, 9.17) is 4.42 Å². The number of rotatable bonds is 4. The van der Waals surface area contributed by atoms with Crippen LogP contribution in [-0.4, -0.2) is 39.4 Å². The zero-order valence-electron chi connectivity index (χ0n) is 11.6. The Bertz CT molecular complexity index is 415. The minimum absolute atomic E-state index is 0.226. The van der Waals surface area contributed by atoms with Crippen LogP contribution >= 0.6 is 0 Å². The molecule has 5 nitrogen and oxygen atoms in total. The lowest BCUT2D eigenvalue weighted by atomic mass is 9.85. The predicted octanol–water partition coefficient (Wildman–Crippen LogP) is 1.93. The van der Waals surface area contributed by atoms with E-state index >= 15 is 0 Å². The van der Waals surface area contributed by atoms with E-state index < -0.39 is 0 Å². The second-order valence-corrected chi connectivity index (χ2v) is 6.04. The van der Waals surface area contributed by atoms with E-state index in [1.165, 1.54) is 19.3 Å². The Morgan fingerprint density at radius 3 is 2.84 bits per heavy atom.